The maximum atomic E-state index is 12.4. The summed E-state index contributed by atoms with van der Waals surface area (Å²) in [5.74, 6) is 0.329. The third-order valence-electron chi connectivity index (χ3n) is 2.80. The van der Waals surface area contributed by atoms with E-state index in [0.29, 0.717) is 18.9 Å². The summed E-state index contributed by atoms with van der Waals surface area (Å²) in [6, 6.07) is 0. The lowest BCUT2D eigenvalue weighted by atomic mass is 9.89. The van der Waals surface area contributed by atoms with E-state index in [0.717, 1.165) is 0 Å². The number of hydrogen-bond donors (Lipinski definition) is 1. The molecule has 1 atom stereocenters. The molecule has 0 amide bonds. The van der Waals surface area contributed by atoms with E-state index in [4.69, 9.17) is 5.73 Å². The van der Waals surface area contributed by atoms with Gasteiger partial charge in [0.2, 0.25) is 0 Å². The first kappa shape index (κ1) is 15.7. The van der Waals surface area contributed by atoms with Crippen LogP contribution in [0.5, 0.6) is 0 Å². The molecule has 1 unspecified atom stereocenters. The smallest absolute Gasteiger partial charge is 0.329 e. The number of nitrogens with zero attached hydrogens (tertiary/aromatic N) is 1. The summed E-state index contributed by atoms with van der Waals surface area (Å²) in [7, 11) is 0. The Balaban J connectivity index is 4.73. The predicted molar refractivity (Wildman–Crippen MR) is 60.2 cm³/mol. The Hall–Kier alpha value is -0.290. The molecule has 0 bridgehead atoms. The lowest BCUT2D eigenvalue weighted by Gasteiger charge is -2.41. The standard InChI is InChI=1S/C11H23F3N2/c1-5-16(8-11(12,13)14)10(4,7-15)6-9(2)3/h9H,5-8,15H2,1-4H3. The highest BCUT2D eigenvalue weighted by atomic mass is 19.4. The van der Waals surface area contributed by atoms with Crippen LogP contribution in [-0.2, 0) is 0 Å². The van der Waals surface area contributed by atoms with E-state index in [9.17, 15) is 13.2 Å². The molecule has 2 N–H and O–H groups in total. The van der Waals surface area contributed by atoms with Gasteiger partial charge in [0.15, 0.2) is 0 Å². The number of likely N-dealkylation sites (N-methyl/N-ethyl adjacent to an activating group) is 1. The normalized spacial score (nSPS) is 16.9. The molecule has 0 aliphatic rings. The van der Waals surface area contributed by atoms with Crippen molar-refractivity contribution in [1.29, 1.82) is 0 Å². The number of nitrogens with two attached hydrogens (primary N) is 1. The second kappa shape index (κ2) is 5.87. The van der Waals surface area contributed by atoms with Crippen LogP contribution in [0.3, 0.4) is 0 Å². The topological polar surface area (TPSA) is 29.3 Å². The molecule has 0 aromatic rings. The molecule has 0 spiro atoms. The molecule has 16 heavy (non-hydrogen) atoms. The maximum absolute atomic E-state index is 12.4. The Bertz CT molecular complexity index is 204. The highest BCUT2D eigenvalue weighted by Crippen LogP contribution is 2.27. The Morgan fingerprint density at radius 1 is 1.25 bits per heavy atom. The maximum Gasteiger partial charge on any atom is 0.401 e. The molecule has 0 rings (SSSR count). The van der Waals surface area contributed by atoms with Gasteiger partial charge in [0.05, 0.1) is 6.54 Å². The van der Waals surface area contributed by atoms with Crippen molar-refractivity contribution in [3.8, 4) is 0 Å². The summed E-state index contributed by atoms with van der Waals surface area (Å²) in [4.78, 5) is 1.42. The zero-order valence-corrected chi connectivity index (χ0v) is 10.6. The first-order chi connectivity index (χ1) is 7.14. The molecule has 0 aromatic carbocycles. The Labute approximate surface area is 96.0 Å². The molecular formula is C11H23F3N2. The lowest BCUT2D eigenvalue weighted by Crippen LogP contribution is -2.55. The van der Waals surface area contributed by atoms with Crippen LogP contribution in [0.1, 0.15) is 34.1 Å². The first-order valence-electron chi connectivity index (χ1n) is 5.66. The van der Waals surface area contributed by atoms with E-state index >= 15 is 0 Å². The van der Waals surface area contributed by atoms with E-state index in [1.165, 1.54) is 4.90 Å². The van der Waals surface area contributed by atoms with Gasteiger partial charge in [-0.05, 0) is 25.8 Å². The van der Waals surface area contributed by atoms with Gasteiger partial charge in [-0.1, -0.05) is 20.8 Å². The summed E-state index contributed by atoms with van der Waals surface area (Å²) < 4.78 is 37.2. The number of hydrogen-bond acceptors (Lipinski definition) is 2. The number of rotatable bonds is 6. The number of alkyl halides is 3. The van der Waals surface area contributed by atoms with Crippen molar-refractivity contribution >= 4 is 0 Å². The summed E-state index contributed by atoms with van der Waals surface area (Å²) in [6.45, 7) is 7.26. The molecule has 2 nitrogen and oxygen atoms in total. The molecule has 5 heteroatoms. The summed E-state index contributed by atoms with van der Waals surface area (Å²) >= 11 is 0. The minimum absolute atomic E-state index is 0.245. The van der Waals surface area contributed by atoms with E-state index in [-0.39, 0.29) is 6.54 Å². The molecule has 0 aliphatic carbocycles. The van der Waals surface area contributed by atoms with Gasteiger partial charge in [0.25, 0.3) is 0 Å². The summed E-state index contributed by atoms with van der Waals surface area (Å²) in [6.07, 6.45) is -3.49. The fourth-order valence-electron chi connectivity index (χ4n) is 2.12. The van der Waals surface area contributed by atoms with Crippen molar-refractivity contribution in [2.75, 3.05) is 19.6 Å². The van der Waals surface area contributed by atoms with Gasteiger partial charge in [0.1, 0.15) is 0 Å². The van der Waals surface area contributed by atoms with Crippen molar-refractivity contribution in [2.45, 2.75) is 45.8 Å². The molecule has 0 saturated heterocycles. The predicted octanol–water partition coefficient (Wildman–Crippen LogP) is 2.63. The van der Waals surface area contributed by atoms with Gasteiger partial charge in [-0.3, -0.25) is 4.90 Å². The number of halogens is 3. The van der Waals surface area contributed by atoms with Crippen LogP contribution >= 0.6 is 0 Å². The quantitative estimate of drug-likeness (QED) is 0.773. The average molecular weight is 240 g/mol. The summed E-state index contributed by atoms with van der Waals surface area (Å²) in [5.41, 5.74) is 5.07. The van der Waals surface area contributed by atoms with Crippen LogP contribution in [0.25, 0.3) is 0 Å². The molecule has 0 aromatic heterocycles. The van der Waals surface area contributed by atoms with Crippen LogP contribution in [-0.4, -0.2) is 36.2 Å². The van der Waals surface area contributed by atoms with Crippen molar-refractivity contribution in [1.82, 2.24) is 4.90 Å². The molecular weight excluding hydrogens is 217 g/mol. The monoisotopic (exact) mass is 240 g/mol. The second-order valence-corrected chi connectivity index (χ2v) is 4.93. The van der Waals surface area contributed by atoms with Crippen molar-refractivity contribution in [3.63, 3.8) is 0 Å². The van der Waals surface area contributed by atoms with Crippen molar-refractivity contribution in [3.05, 3.63) is 0 Å². The third-order valence-corrected chi connectivity index (χ3v) is 2.80. The highest BCUT2D eigenvalue weighted by molar-refractivity contribution is 4.88. The van der Waals surface area contributed by atoms with Crippen molar-refractivity contribution in [2.24, 2.45) is 11.7 Å². The van der Waals surface area contributed by atoms with Gasteiger partial charge >= 0.3 is 6.18 Å². The fourth-order valence-corrected chi connectivity index (χ4v) is 2.12. The largest absolute Gasteiger partial charge is 0.401 e. The summed E-state index contributed by atoms with van der Waals surface area (Å²) in [5, 5.41) is 0. The average Bonchev–Trinajstić information content (AvgIpc) is 2.11. The Kier molecular flexibility index (Phi) is 5.76. The highest BCUT2D eigenvalue weighted by Gasteiger charge is 2.38. The molecule has 98 valence electrons. The lowest BCUT2D eigenvalue weighted by molar-refractivity contribution is -0.158. The van der Waals surface area contributed by atoms with Gasteiger partial charge in [0, 0.05) is 12.1 Å². The third kappa shape index (κ3) is 5.16. The zero-order chi connectivity index (χ0) is 13.0. The molecule has 0 aliphatic heterocycles. The Morgan fingerprint density at radius 3 is 2.00 bits per heavy atom. The van der Waals surface area contributed by atoms with Crippen LogP contribution in [0.15, 0.2) is 0 Å². The van der Waals surface area contributed by atoms with Crippen LogP contribution in [0.2, 0.25) is 0 Å². The Morgan fingerprint density at radius 2 is 1.75 bits per heavy atom. The van der Waals surface area contributed by atoms with Crippen LogP contribution in [0, 0.1) is 5.92 Å². The van der Waals surface area contributed by atoms with Crippen molar-refractivity contribution < 1.29 is 13.2 Å². The van der Waals surface area contributed by atoms with Gasteiger partial charge < -0.3 is 5.73 Å². The van der Waals surface area contributed by atoms with E-state index < -0.39 is 18.3 Å². The second-order valence-electron chi connectivity index (χ2n) is 4.93. The zero-order valence-electron chi connectivity index (χ0n) is 10.6. The first-order valence-corrected chi connectivity index (χ1v) is 5.66. The minimum atomic E-state index is -4.16. The molecule has 0 saturated carbocycles. The minimum Gasteiger partial charge on any atom is -0.329 e. The van der Waals surface area contributed by atoms with Gasteiger partial charge in [-0.25, -0.2) is 0 Å². The van der Waals surface area contributed by atoms with Gasteiger partial charge in [-0.2, -0.15) is 13.2 Å². The van der Waals surface area contributed by atoms with E-state index in [2.05, 4.69) is 0 Å². The van der Waals surface area contributed by atoms with E-state index in [1.54, 1.807) is 6.92 Å². The van der Waals surface area contributed by atoms with Crippen LogP contribution in [0.4, 0.5) is 13.2 Å². The molecule has 0 fully saturated rings. The molecule has 0 heterocycles. The molecule has 0 radical (unpaired) electrons. The van der Waals surface area contributed by atoms with Gasteiger partial charge in [-0.15, -0.1) is 0 Å². The van der Waals surface area contributed by atoms with Crippen LogP contribution < -0.4 is 5.73 Å². The van der Waals surface area contributed by atoms with E-state index in [1.807, 2.05) is 20.8 Å². The fraction of sp³-hybridized carbons (Fsp3) is 1.00. The SMILES string of the molecule is CCN(CC(F)(F)F)C(C)(CN)CC(C)C.